The predicted molar refractivity (Wildman–Crippen MR) is 250 cm³/mol. The number of aromatic hydroxyl groups is 1. The number of phenolic OH excluding ortho intramolecular Hbond substituents is 1. The Hall–Kier alpha value is -8.93. The second-order valence-electron chi connectivity index (χ2n) is 14.5. The van der Waals surface area contributed by atoms with Gasteiger partial charge < -0.3 is 44.7 Å². The molecule has 66 heavy (non-hydrogen) atoms. The van der Waals surface area contributed by atoms with Gasteiger partial charge in [0.1, 0.15) is 40.2 Å². The molecule has 14 heteroatoms. The summed E-state index contributed by atoms with van der Waals surface area (Å²) in [7, 11) is -3.62. The normalized spacial score (nSPS) is 10.9. The van der Waals surface area contributed by atoms with E-state index in [-0.39, 0.29) is 39.5 Å². The fourth-order valence-corrected chi connectivity index (χ4v) is 9.79. The van der Waals surface area contributed by atoms with Gasteiger partial charge in [0.15, 0.2) is 7.14 Å². The van der Waals surface area contributed by atoms with Crippen molar-refractivity contribution in [3.05, 3.63) is 216 Å². The first-order chi connectivity index (χ1) is 31.9. The van der Waals surface area contributed by atoms with Crippen LogP contribution in [-0.2, 0) is 4.57 Å². The Balaban J connectivity index is 1.09. The highest BCUT2D eigenvalue weighted by molar-refractivity contribution is 7.85. The van der Waals surface area contributed by atoms with Crippen molar-refractivity contribution in [3.63, 3.8) is 0 Å². The largest absolute Gasteiger partial charge is 0.508 e. The number of carboxylic acid groups (broad SMARTS) is 2. The zero-order valence-electron chi connectivity index (χ0n) is 34.5. The molecule has 326 valence electrons. The van der Waals surface area contributed by atoms with E-state index in [0.29, 0.717) is 50.3 Å². The lowest BCUT2D eigenvalue weighted by atomic mass is 10.1. The number of anilines is 2. The van der Waals surface area contributed by atoms with E-state index in [9.17, 15) is 34.5 Å². The quantitative estimate of drug-likeness (QED) is 0.0614. The lowest BCUT2D eigenvalue weighted by Gasteiger charge is -2.23. The molecule has 0 aliphatic carbocycles. The van der Waals surface area contributed by atoms with Crippen molar-refractivity contribution >= 4 is 58.2 Å². The van der Waals surface area contributed by atoms with Gasteiger partial charge in [-0.3, -0.25) is 9.59 Å². The number of nitrogens with one attached hydrogen (secondary N) is 2. The standard InChI is InChI=1S/C52H37N2O11P/c55-35-24-26-45(52(60)61)46(30-35)50(57)54-33-12-9-14-36(28-33)63-38-16-11-17-39(31-38)64-40-25-27-48(66(62,41-18-3-1-4-19-41)42-20-5-2-6-21-42)47(32-40)65-37-15-10-13-34(29-37)53-49(56)43-22-7-8-23-44(43)51(58)59/h1-32,55H,(H,53,56)(H,54,57)(H,58,59)(H,60,61). The summed E-state index contributed by atoms with van der Waals surface area (Å²) in [4.78, 5) is 49.9. The number of carboxylic acids is 2. The minimum absolute atomic E-state index is 0.0226. The highest BCUT2D eigenvalue weighted by Crippen LogP contribution is 2.47. The van der Waals surface area contributed by atoms with Crippen molar-refractivity contribution in [1.29, 1.82) is 0 Å². The van der Waals surface area contributed by atoms with Crippen molar-refractivity contribution in [1.82, 2.24) is 0 Å². The maximum absolute atomic E-state index is 15.7. The smallest absolute Gasteiger partial charge is 0.336 e. The number of hydrogen-bond acceptors (Lipinski definition) is 9. The maximum atomic E-state index is 15.7. The molecule has 0 spiro atoms. The Labute approximate surface area is 377 Å². The Kier molecular flexibility index (Phi) is 12.7. The summed E-state index contributed by atoms with van der Waals surface area (Å²) in [6.07, 6.45) is 0. The maximum Gasteiger partial charge on any atom is 0.336 e. The third-order valence-corrected chi connectivity index (χ3v) is 13.2. The number of ether oxygens (including phenoxy) is 3. The molecule has 8 rings (SSSR count). The van der Waals surface area contributed by atoms with Crippen LogP contribution in [0.5, 0.6) is 40.2 Å². The number of benzene rings is 8. The van der Waals surface area contributed by atoms with E-state index in [1.54, 1.807) is 121 Å². The van der Waals surface area contributed by atoms with Gasteiger partial charge in [-0.15, -0.1) is 0 Å². The molecule has 0 aromatic heterocycles. The second-order valence-corrected chi connectivity index (χ2v) is 17.3. The van der Waals surface area contributed by atoms with E-state index < -0.39 is 30.9 Å². The van der Waals surface area contributed by atoms with Gasteiger partial charge >= 0.3 is 11.9 Å². The number of carbonyl (C=O) groups excluding carboxylic acids is 2. The van der Waals surface area contributed by atoms with Crippen LogP contribution in [0.3, 0.4) is 0 Å². The van der Waals surface area contributed by atoms with E-state index in [4.69, 9.17) is 14.2 Å². The molecule has 0 bridgehead atoms. The second kappa shape index (κ2) is 19.2. The molecule has 0 heterocycles. The Morgan fingerprint density at radius 2 is 0.864 bits per heavy atom. The molecule has 8 aromatic carbocycles. The van der Waals surface area contributed by atoms with E-state index in [1.807, 2.05) is 36.4 Å². The number of rotatable bonds is 15. The fraction of sp³-hybridized carbons (Fsp3) is 0. The van der Waals surface area contributed by atoms with Crippen LogP contribution in [0.15, 0.2) is 194 Å². The molecular formula is C52H37N2O11P. The monoisotopic (exact) mass is 896 g/mol. The SMILES string of the molecule is O=C(O)c1ccccc1C(=O)Nc1cccc(Oc2cc(Oc3cccc(Oc4cccc(NC(=O)c5cc(O)ccc5C(=O)O)c4)c3)ccc2P(=O)(c2ccccc2)c2ccccc2)c1. The van der Waals surface area contributed by atoms with Gasteiger partial charge in [0.05, 0.1) is 27.6 Å². The molecule has 5 N–H and O–H groups in total. The molecule has 0 unspecified atom stereocenters. The molecule has 0 aliphatic rings. The molecule has 0 radical (unpaired) electrons. The highest BCUT2D eigenvalue weighted by Gasteiger charge is 2.33. The van der Waals surface area contributed by atoms with E-state index >= 15 is 4.57 Å². The Morgan fingerprint density at radius 3 is 1.42 bits per heavy atom. The summed E-state index contributed by atoms with van der Waals surface area (Å²) in [5.41, 5.74) is -0.0555. The van der Waals surface area contributed by atoms with E-state index in [0.717, 1.165) is 12.1 Å². The zero-order valence-corrected chi connectivity index (χ0v) is 35.4. The summed E-state index contributed by atoms with van der Waals surface area (Å²) in [5, 5.41) is 36.0. The number of carbonyl (C=O) groups is 4. The molecule has 8 aromatic rings. The molecule has 0 aliphatic heterocycles. The molecule has 0 saturated carbocycles. The average Bonchev–Trinajstić information content (AvgIpc) is 3.32. The van der Waals surface area contributed by atoms with Crippen LogP contribution in [0.1, 0.15) is 41.4 Å². The zero-order chi connectivity index (χ0) is 46.2. The Bertz CT molecular complexity index is 3130. The minimum atomic E-state index is -3.62. The van der Waals surface area contributed by atoms with Crippen LogP contribution >= 0.6 is 7.14 Å². The van der Waals surface area contributed by atoms with E-state index in [2.05, 4.69) is 10.6 Å². The Morgan fingerprint density at radius 1 is 0.409 bits per heavy atom. The van der Waals surface area contributed by atoms with Crippen LogP contribution in [0.4, 0.5) is 11.4 Å². The summed E-state index contributed by atoms with van der Waals surface area (Å²) in [6, 6.07) is 52.1. The van der Waals surface area contributed by atoms with Crippen LogP contribution < -0.4 is 40.8 Å². The molecule has 0 atom stereocenters. The first-order valence-corrected chi connectivity index (χ1v) is 21.9. The van der Waals surface area contributed by atoms with Crippen LogP contribution in [0.2, 0.25) is 0 Å². The van der Waals surface area contributed by atoms with Crippen LogP contribution in [-0.4, -0.2) is 39.1 Å². The third kappa shape index (κ3) is 9.82. The van der Waals surface area contributed by atoms with Gasteiger partial charge in [-0.1, -0.05) is 91.0 Å². The van der Waals surface area contributed by atoms with Crippen LogP contribution in [0, 0.1) is 0 Å². The van der Waals surface area contributed by atoms with Crippen molar-refractivity contribution in [2.75, 3.05) is 10.6 Å². The lowest BCUT2D eigenvalue weighted by molar-refractivity contribution is 0.0683. The highest BCUT2D eigenvalue weighted by atomic mass is 31.2. The number of hydrogen-bond donors (Lipinski definition) is 5. The van der Waals surface area contributed by atoms with E-state index in [1.165, 1.54) is 24.3 Å². The summed E-state index contributed by atoms with van der Waals surface area (Å²) in [5.74, 6) is -2.37. The van der Waals surface area contributed by atoms with Gasteiger partial charge in [0, 0.05) is 46.2 Å². The number of aromatic carboxylic acids is 2. The fourth-order valence-electron chi connectivity index (χ4n) is 7.05. The molecule has 0 fully saturated rings. The topological polar surface area (TPSA) is 198 Å². The molecular weight excluding hydrogens is 860 g/mol. The van der Waals surface area contributed by atoms with Crippen LogP contribution in [0.25, 0.3) is 0 Å². The minimum Gasteiger partial charge on any atom is -0.508 e. The molecule has 2 amide bonds. The van der Waals surface area contributed by atoms with Gasteiger partial charge in [0.2, 0.25) is 0 Å². The van der Waals surface area contributed by atoms with Crippen molar-refractivity contribution < 1.29 is 53.3 Å². The summed E-state index contributed by atoms with van der Waals surface area (Å²) < 4.78 is 34.7. The van der Waals surface area contributed by atoms with Crippen molar-refractivity contribution in [2.24, 2.45) is 0 Å². The van der Waals surface area contributed by atoms with Gasteiger partial charge in [-0.25, -0.2) is 9.59 Å². The third-order valence-electron chi connectivity index (χ3n) is 10.1. The van der Waals surface area contributed by atoms with Crippen molar-refractivity contribution in [2.45, 2.75) is 0 Å². The first kappa shape index (κ1) is 43.7. The predicted octanol–water partition coefficient (Wildman–Crippen LogP) is 10.3. The molecule has 0 saturated heterocycles. The van der Waals surface area contributed by atoms with Gasteiger partial charge in [-0.05, 0) is 78.9 Å². The number of amides is 2. The summed E-state index contributed by atoms with van der Waals surface area (Å²) >= 11 is 0. The van der Waals surface area contributed by atoms with Gasteiger partial charge in [0.25, 0.3) is 11.8 Å². The van der Waals surface area contributed by atoms with Gasteiger partial charge in [-0.2, -0.15) is 0 Å². The number of phenols is 1. The average molecular weight is 897 g/mol. The molecule has 13 nitrogen and oxygen atoms in total. The first-order valence-electron chi connectivity index (χ1n) is 20.2. The lowest BCUT2D eigenvalue weighted by Crippen LogP contribution is -2.26. The summed E-state index contributed by atoms with van der Waals surface area (Å²) in [6.45, 7) is 0. The van der Waals surface area contributed by atoms with Crippen molar-refractivity contribution in [3.8, 4) is 40.2 Å².